The molecule has 1 aromatic rings. The molecule has 0 bridgehead atoms. The van der Waals surface area contributed by atoms with Crippen LogP contribution in [0.5, 0.6) is 0 Å². The van der Waals surface area contributed by atoms with E-state index in [4.69, 9.17) is 5.73 Å². The van der Waals surface area contributed by atoms with Crippen molar-refractivity contribution in [2.75, 3.05) is 0 Å². The van der Waals surface area contributed by atoms with Gasteiger partial charge in [0.05, 0.1) is 11.0 Å². The van der Waals surface area contributed by atoms with E-state index in [0.29, 0.717) is 12.0 Å². The molecule has 0 saturated carbocycles. The molecule has 88 valence electrons. The average Bonchev–Trinajstić information content (AvgIpc) is 2.17. The summed E-state index contributed by atoms with van der Waals surface area (Å²) in [5.74, 6) is -0.642. The van der Waals surface area contributed by atoms with E-state index in [2.05, 4.69) is 6.58 Å². The maximum atomic E-state index is 12.8. The number of hydrogen-bond donors (Lipinski definition) is 1. The zero-order valence-electron chi connectivity index (χ0n) is 8.43. The van der Waals surface area contributed by atoms with E-state index in [9.17, 15) is 14.5 Å². The Hall–Kier alpha value is -1.46. The Labute approximate surface area is 98.5 Å². The van der Waals surface area contributed by atoms with Gasteiger partial charge in [-0.05, 0) is 18.6 Å². The minimum atomic E-state index is -0.642. The largest absolute Gasteiger partial charge is 0.323 e. The third kappa shape index (κ3) is 3.29. The summed E-state index contributed by atoms with van der Waals surface area (Å²) in [5, 5.41) is 10.6. The first kappa shape index (κ1) is 14.5. The van der Waals surface area contributed by atoms with Gasteiger partial charge in [0.25, 0.3) is 5.69 Å². The highest BCUT2D eigenvalue weighted by atomic mass is 35.5. The lowest BCUT2D eigenvalue weighted by Gasteiger charge is -2.09. The molecule has 6 heteroatoms. The van der Waals surface area contributed by atoms with E-state index in [0.717, 1.165) is 12.1 Å². The molecule has 0 aliphatic carbocycles. The molecule has 1 atom stereocenters. The zero-order valence-corrected chi connectivity index (χ0v) is 9.24. The van der Waals surface area contributed by atoms with Gasteiger partial charge in [-0.1, -0.05) is 6.08 Å². The summed E-state index contributed by atoms with van der Waals surface area (Å²) < 4.78 is 12.8. The molecule has 0 aromatic heterocycles. The lowest BCUT2D eigenvalue weighted by atomic mass is 10.0. The molecule has 0 radical (unpaired) electrons. The monoisotopic (exact) mass is 246 g/mol. The van der Waals surface area contributed by atoms with Crippen LogP contribution >= 0.6 is 12.4 Å². The molecule has 16 heavy (non-hydrogen) atoms. The molecule has 0 amide bonds. The average molecular weight is 247 g/mol. The van der Waals surface area contributed by atoms with Crippen molar-refractivity contribution in [2.45, 2.75) is 12.5 Å². The van der Waals surface area contributed by atoms with E-state index in [1.54, 1.807) is 6.08 Å². The fraction of sp³-hybridized carbons (Fsp3) is 0.200. The van der Waals surface area contributed by atoms with Crippen LogP contribution in [0.1, 0.15) is 18.0 Å². The van der Waals surface area contributed by atoms with E-state index >= 15 is 0 Å². The molecule has 4 nitrogen and oxygen atoms in total. The fourth-order valence-electron chi connectivity index (χ4n) is 1.30. The van der Waals surface area contributed by atoms with Crippen molar-refractivity contribution < 1.29 is 9.31 Å². The van der Waals surface area contributed by atoms with E-state index in [1.807, 2.05) is 0 Å². The predicted octanol–water partition coefficient (Wildman–Crippen LogP) is 2.73. The SMILES string of the molecule is C=CC[C@@H](N)c1ccc(F)cc1[N+](=O)[O-].Cl. The molecular formula is C10H12ClFN2O2. The summed E-state index contributed by atoms with van der Waals surface area (Å²) in [6.45, 7) is 3.49. The van der Waals surface area contributed by atoms with Crippen molar-refractivity contribution in [3.63, 3.8) is 0 Å². The summed E-state index contributed by atoms with van der Waals surface area (Å²) in [6.07, 6.45) is 1.98. The van der Waals surface area contributed by atoms with Crippen LogP contribution in [0.3, 0.4) is 0 Å². The lowest BCUT2D eigenvalue weighted by molar-refractivity contribution is -0.385. The van der Waals surface area contributed by atoms with Crippen LogP contribution < -0.4 is 5.73 Å². The minimum absolute atomic E-state index is 0. The second kappa shape index (κ2) is 6.19. The molecule has 0 fully saturated rings. The van der Waals surface area contributed by atoms with Crippen LogP contribution in [-0.2, 0) is 0 Å². The maximum Gasteiger partial charge on any atom is 0.277 e. The molecule has 0 heterocycles. The van der Waals surface area contributed by atoms with Crippen LogP contribution in [0.2, 0.25) is 0 Å². The third-order valence-electron chi connectivity index (χ3n) is 2.01. The standard InChI is InChI=1S/C10H11FN2O2.ClH/c1-2-3-9(12)8-5-4-7(11)6-10(8)13(14)15;/h2,4-6,9H,1,3,12H2;1H/t9-;/m1./s1. The van der Waals surface area contributed by atoms with Gasteiger partial charge in [0.2, 0.25) is 0 Å². The summed E-state index contributed by atoms with van der Waals surface area (Å²) >= 11 is 0. The normalized spacial score (nSPS) is 11.4. The van der Waals surface area contributed by atoms with Gasteiger partial charge >= 0.3 is 0 Å². The second-order valence-corrected chi connectivity index (χ2v) is 3.09. The van der Waals surface area contributed by atoms with Crippen molar-refractivity contribution in [1.82, 2.24) is 0 Å². The van der Waals surface area contributed by atoms with Crippen molar-refractivity contribution in [1.29, 1.82) is 0 Å². The van der Waals surface area contributed by atoms with Gasteiger partial charge in [0.15, 0.2) is 0 Å². The van der Waals surface area contributed by atoms with Crippen molar-refractivity contribution in [2.24, 2.45) is 5.73 Å². The molecule has 0 saturated heterocycles. The van der Waals surface area contributed by atoms with Crippen LogP contribution in [0.15, 0.2) is 30.9 Å². The van der Waals surface area contributed by atoms with Crippen LogP contribution in [0.25, 0.3) is 0 Å². The summed E-state index contributed by atoms with van der Waals surface area (Å²) in [4.78, 5) is 10.0. The smallest absolute Gasteiger partial charge is 0.277 e. The molecule has 1 aromatic carbocycles. The number of rotatable bonds is 4. The lowest BCUT2D eigenvalue weighted by Crippen LogP contribution is -2.11. The molecule has 0 spiro atoms. The molecular weight excluding hydrogens is 235 g/mol. The number of nitrogens with zero attached hydrogens (tertiary/aromatic N) is 1. The quantitative estimate of drug-likeness (QED) is 0.505. The van der Waals surface area contributed by atoms with Crippen LogP contribution in [-0.4, -0.2) is 4.92 Å². The number of nitro benzene ring substituents is 1. The maximum absolute atomic E-state index is 12.8. The first-order valence-electron chi connectivity index (χ1n) is 4.36. The minimum Gasteiger partial charge on any atom is -0.323 e. The van der Waals surface area contributed by atoms with Gasteiger partial charge in [0, 0.05) is 11.6 Å². The summed E-state index contributed by atoms with van der Waals surface area (Å²) in [7, 11) is 0. The first-order valence-corrected chi connectivity index (χ1v) is 4.36. The Bertz CT molecular complexity index is 398. The van der Waals surface area contributed by atoms with E-state index in [1.165, 1.54) is 6.07 Å². The van der Waals surface area contributed by atoms with Crippen molar-refractivity contribution >= 4 is 18.1 Å². The Morgan fingerprint density at radius 2 is 2.25 bits per heavy atom. The summed E-state index contributed by atoms with van der Waals surface area (Å²) in [6, 6.07) is 2.84. The highest BCUT2D eigenvalue weighted by molar-refractivity contribution is 5.85. The van der Waals surface area contributed by atoms with Gasteiger partial charge in [-0.25, -0.2) is 4.39 Å². The van der Waals surface area contributed by atoms with E-state index in [-0.39, 0.29) is 18.1 Å². The van der Waals surface area contributed by atoms with Crippen LogP contribution in [0, 0.1) is 15.9 Å². The predicted molar refractivity (Wildman–Crippen MR) is 62.0 cm³/mol. The third-order valence-corrected chi connectivity index (χ3v) is 2.01. The number of hydrogen-bond acceptors (Lipinski definition) is 3. The molecule has 0 aliphatic rings. The molecule has 2 N–H and O–H groups in total. The Kier molecular flexibility index (Phi) is 5.63. The van der Waals surface area contributed by atoms with Crippen molar-refractivity contribution in [3.05, 3.63) is 52.3 Å². The second-order valence-electron chi connectivity index (χ2n) is 3.09. The van der Waals surface area contributed by atoms with Gasteiger partial charge in [0.1, 0.15) is 5.82 Å². The molecule has 0 unspecified atom stereocenters. The number of halogens is 2. The molecule has 0 aliphatic heterocycles. The highest BCUT2D eigenvalue weighted by Crippen LogP contribution is 2.26. The number of nitro groups is 1. The topological polar surface area (TPSA) is 69.2 Å². The number of nitrogens with two attached hydrogens (primary N) is 1. The Balaban J connectivity index is 0.00000225. The van der Waals surface area contributed by atoms with Crippen LogP contribution in [0.4, 0.5) is 10.1 Å². The van der Waals surface area contributed by atoms with Crippen molar-refractivity contribution in [3.8, 4) is 0 Å². The van der Waals surface area contributed by atoms with Gasteiger partial charge < -0.3 is 5.73 Å². The summed E-state index contributed by atoms with van der Waals surface area (Å²) in [5.41, 5.74) is 5.73. The Morgan fingerprint density at radius 1 is 1.62 bits per heavy atom. The highest BCUT2D eigenvalue weighted by Gasteiger charge is 2.19. The number of benzene rings is 1. The van der Waals surface area contributed by atoms with E-state index < -0.39 is 16.8 Å². The van der Waals surface area contributed by atoms with Gasteiger partial charge in [-0.15, -0.1) is 19.0 Å². The zero-order chi connectivity index (χ0) is 11.4. The van der Waals surface area contributed by atoms with Gasteiger partial charge in [-0.3, -0.25) is 10.1 Å². The first-order chi connectivity index (χ1) is 7.06. The van der Waals surface area contributed by atoms with Gasteiger partial charge in [-0.2, -0.15) is 0 Å². The fourth-order valence-corrected chi connectivity index (χ4v) is 1.30. The Morgan fingerprint density at radius 3 is 2.75 bits per heavy atom. The molecule has 1 rings (SSSR count).